The number of benzene rings is 2. The van der Waals surface area contributed by atoms with E-state index in [-0.39, 0.29) is 21.6 Å². The average molecular weight is 436 g/mol. The van der Waals surface area contributed by atoms with E-state index in [1.807, 2.05) is 30.3 Å². The van der Waals surface area contributed by atoms with Crippen LogP contribution in [0.2, 0.25) is 10.0 Å². The summed E-state index contributed by atoms with van der Waals surface area (Å²) in [5, 5.41) is 5.32. The first-order chi connectivity index (χ1) is 13.4. The quantitative estimate of drug-likeness (QED) is 0.552. The van der Waals surface area contributed by atoms with Gasteiger partial charge in [-0.05, 0) is 31.0 Å². The fraction of sp³-hybridized carbons (Fsp3) is 0.250. The molecule has 8 heteroatoms. The second-order valence-corrected chi connectivity index (χ2v) is 9.35. The summed E-state index contributed by atoms with van der Waals surface area (Å²) in [4.78, 5) is 0.136. The smallest absolute Gasteiger partial charge is 0.265 e. The van der Waals surface area contributed by atoms with Crippen LogP contribution < -0.4 is 4.72 Å². The predicted octanol–water partition coefficient (Wildman–Crippen LogP) is 5.77. The van der Waals surface area contributed by atoms with Crippen LogP contribution in [-0.4, -0.2) is 18.2 Å². The summed E-state index contributed by atoms with van der Waals surface area (Å²) in [6, 6.07) is 14.2. The zero-order valence-electron chi connectivity index (χ0n) is 15.0. The normalized spacial score (nSPS) is 15.1. The van der Waals surface area contributed by atoms with Gasteiger partial charge in [0.15, 0.2) is 0 Å². The van der Waals surface area contributed by atoms with Gasteiger partial charge in [0.05, 0.1) is 16.8 Å². The van der Waals surface area contributed by atoms with Crippen molar-refractivity contribution in [2.75, 3.05) is 4.72 Å². The van der Waals surface area contributed by atoms with Gasteiger partial charge in [-0.1, -0.05) is 66.4 Å². The monoisotopic (exact) mass is 435 g/mol. The number of rotatable bonds is 5. The van der Waals surface area contributed by atoms with E-state index < -0.39 is 10.0 Å². The average Bonchev–Trinajstić information content (AvgIpc) is 3.34. The molecule has 1 aromatic heterocycles. The fourth-order valence-electron chi connectivity index (χ4n) is 3.50. The number of sulfonamides is 1. The van der Waals surface area contributed by atoms with Crippen LogP contribution in [0.15, 0.2) is 59.6 Å². The Morgan fingerprint density at radius 3 is 2.43 bits per heavy atom. The summed E-state index contributed by atoms with van der Waals surface area (Å²) >= 11 is 12.1. The standard InChI is InChI=1S/C20H19Cl2N3O2S/c21-15-10-11-18(17(22)12-15)24-28(26,27)19-13-25(16-8-4-5-9-16)23-20(19)14-6-2-1-3-7-14/h1-3,6-7,10-13,16,24H,4-5,8-9H2. The molecule has 0 saturated heterocycles. The van der Waals surface area contributed by atoms with E-state index in [1.54, 1.807) is 23.0 Å². The summed E-state index contributed by atoms with van der Waals surface area (Å²) in [5.74, 6) is 0. The highest BCUT2D eigenvalue weighted by molar-refractivity contribution is 7.92. The summed E-state index contributed by atoms with van der Waals surface area (Å²) in [6.07, 6.45) is 5.90. The molecule has 0 atom stereocenters. The van der Waals surface area contributed by atoms with Crippen LogP contribution in [0.4, 0.5) is 5.69 Å². The Hall–Kier alpha value is -2.02. The molecule has 0 bridgehead atoms. The van der Waals surface area contributed by atoms with Gasteiger partial charge < -0.3 is 0 Å². The van der Waals surface area contributed by atoms with Crippen molar-refractivity contribution >= 4 is 38.9 Å². The molecule has 0 spiro atoms. The van der Waals surface area contributed by atoms with E-state index in [2.05, 4.69) is 9.82 Å². The van der Waals surface area contributed by atoms with Gasteiger partial charge in [-0.3, -0.25) is 9.40 Å². The summed E-state index contributed by atoms with van der Waals surface area (Å²) in [5.41, 5.74) is 1.46. The number of hydrogen-bond acceptors (Lipinski definition) is 3. The van der Waals surface area contributed by atoms with Gasteiger partial charge in [-0.15, -0.1) is 0 Å². The number of hydrogen-bond donors (Lipinski definition) is 1. The molecule has 1 saturated carbocycles. The van der Waals surface area contributed by atoms with Crippen LogP contribution in [0.3, 0.4) is 0 Å². The third-order valence-electron chi connectivity index (χ3n) is 4.91. The lowest BCUT2D eigenvalue weighted by Gasteiger charge is -2.10. The van der Waals surface area contributed by atoms with Gasteiger partial charge in [0, 0.05) is 16.8 Å². The summed E-state index contributed by atoms with van der Waals surface area (Å²) in [7, 11) is -3.90. The molecule has 0 amide bonds. The molecular weight excluding hydrogens is 417 g/mol. The molecule has 1 aliphatic rings. The third-order valence-corrected chi connectivity index (χ3v) is 6.82. The lowest BCUT2D eigenvalue weighted by molar-refractivity contribution is 0.467. The zero-order chi connectivity index (χ0) is 19.7. The number of aromatic nitrogens is 2. The van der Waals surface area contributed by atoms with E-state index >= 15 is 0 Å². The van der Waals surface area contributed by atoms with E-state index in [0.717, 1.165) is 31.2 Å². The Balaban J connectivity index is 1.78. The highest BCUT2D eigenvalue weighted by Gasteiger charge is 2.27. The molecule has 0 aliphatic heterocycles. The van der Waals surface area contributed by atoms with Gasteiger partial charge >= 0.3 is 0 Å². The van der Waals surface area contributed by atoms with E-state index in [1.165, 1.54) is 6.07 Å². The molecular formula is C20H19Cl2N3O2S. The van der Waals surface area contributed by atoms with E-state index in [4.69, 9.17) is 23.2 Å². The van der Waals surface area contributed by atoms with E-state index in [0.29, 0.717) is 10.7 Å². The number of nitrogens with zero attached hydrogens (tertiary/aromatic N) is 2. The van der Waals surface area contributed by atoms with Crippen LogP contribution in [0.5, 0.6) is 0 Å². The van der Waals surface area contributed by atoms with Gasteiger partial charge in [0.1, 0.15) is 10.6 Å². The molecule has 3 aromatic rings. The molecule has 1 aliphatic carbocycles. The molecule has 1 N–H and O–H groups in total. The SMILES string of the molecule is O=S(=O)(Nc1ccc(Cl)cc1Cl)c1cn(C2CCCC2)nc1-c1ccccc1. The van der Waals surface area contributed by atoms with Crippen molar-refractivity contribution < 1.29 is 8.42 Å². The highest BCUT2D eigenvalue weighted by Crippen LogP contribution is 2.35. The lowest BCUT2D eigenvalue weighted by Crippen LogP contribution is -2.13. The van der Waals surface area contributed by atoms with Gasteiger partial charge in [-0.2, -0.15) is 5.10 Å². The first-order valence-corrected chi connectivity index (χ1v) is 11.3. The Morgan fingerprint density at radius 1 is 1.04 bits per heavy atom. The van der Waals surface area contributed by atoms with Crippen molar-refractivity contribution in [1.82, 2.24) is 9.78 Å². The fourth-order valence-corrected chi connectivity index (χ4v) is 5.24. The molecule has 4 rings (SSSR count). The maximum atomic E-state index is 13.2. The Bertz CT molecular complexity index is 1090. The molecule has 28 heavy (non-hydrogen) atoms. The first-order valence-electron chi connectivity index (χ1n) is 9.06. The van der Waals surface area contributed by atoms with Crippen molar-refractivity contribution in [3.63, 3.8) is 0 Å². The molecule has 2 aromatic carbocycles. The molecule has 0 radical (unpaired) electrons. The van der Waals surface area contributed by atoms with Crippen LogP contribution >= 0.6 is 23.2 Å². The lowest BCUT2D eigenvalue weighted by atomic mass is 10.2. The highest BCUT2D eigenvalue weighted by atomic mass is 35.5. The van der Waals surface area contributed by atoms with Crippen molar-refractivity contribution in [2.45, 2.75) is 36.6 Å². The second kappa shape index (κ2) is 7.78. The zero-order valence-corrected chi connectivity index (χ0v) is 17.3. The maximum absolute atomic E-state index is 13.2. The van der Waals surface area contributed by atoms with Gasteiger partial charge in [-0.25, -0.2) is 8.42 Å². The molecule has 5 nitrogen and oxygen atoms in total. The van der Waals surface area contributed by atoms with E-state index in [9.17, 15) is 8.42 Å². The minimum atomic E-state index is -3.90. The molecule has 0 unspecified atom stereocenters. The van der Waals surface area contributed by atoms with Gasteiger partial charge in [0.25, 0.3) is 10.0 Å². The molecule has 146 valence electrons. The van der Waals surface area contributed by atoms with Crippen molar-refractivity contribution in [2.24, 2.45) is 0 Å². The topological polar surface area (TPSA) is 64.0 Å². The van der Waals surface area contributed by atoms with Crippen LogP contribution in [0.25, 0.3) is 11.3 Å². The Kier molecular flexibility index (Phi) is 5.36. The van der Waals surface area contributed by atoms with Crippen LogP contribution in [0.1, 0.15) is 31.7 Å². The predicted molar refractivity (Wildman–Crippen MR) is 112 cm³/mol. The van der Waals surface area contributed by atoms with Crippen LogP contribution in [-0.2, 0) is 10.0 Å². The van der Waals surface area contributed by atoms with Crippen LogP contribution in [0, 0.1) is 0 Å². The molecule has 1 fully saturated rings. The minimum Gasteiger partial charge on any atom is -0.278 e. The molecule has 1 heterocycles. The number of nitrogens with one attached hydrogen (secondary N) is 1. The maximum Gasteiger partial charge on any atom is 0.265 e. The number of halogens is 2. The Morgan fingerprint density at radius 2 is 1.75 bits per heavy atom. The van der Waals surface area contributed by atoms with Crippen molar-refractivity contribution in [1.29, 1.82) is 0 Å². The second-order valence-electron chi connectivity index (χ2n) is 6.86. The van der Waals surface area contributed by atoms with Crippen molar-refractivity contribution in [3.8, 4) is 11.3 Å². The summed E-state index contributed by atoms with van der Waals surface area (Å²) in [6.45, 7) is 0. The first kappa shape index (κ1) is 19.3. The van der Waals surface area contributed by atoms with Crippen molar-refractivity contribution in [3.05, 3.63) is 64.8 Å². The third kappa shape index (κ3) is 3.90. The Labute approximate surface area is 174 Å². The van der Waals surface area contributed by atoms with Gasteiger partial charge in [0.2, 0.25) is 0 Å². The largest absolute Gasteiger partial charge is 0.278 e. The summed E-state index contributed by atoms with van der Waals surface area (Å²) < 4.78 is 30.8. The minimum absolute atomic E-state index is 0.136. The number of anilines is 1.